The zero-order valence-electron chi connectivity index (χ0n) is 10.7. The first-order chi connectivity index (χ1) is 9.06. The Balaban J connectivity index is 2.08. The zero-order valence-corrected chi connectivity index (χ0v) is 11.6. The number of carboxylic acid groups (broad SMARTS) is 1. The van der Waals surface area contributed by atoms with E-state index in [2.05, 4.69) is 10.1 Å². The van der Waals surface area contributed by atoms with E-state index in [9.17, 15) is 4.79 Å². The highest BCUT2D eigenvalue weighted by molar-refractivity contribution is 7.08. The van der Waals surface area contributed by atoms with E-state index in [1.54, 1.807) is 16.2 Å². The van der Waals surface area contributed by atoms with Crippen LogP contribution in [0.25, 0.3) is 11.5 Å². The van der Waals surface area contributed by atoms with E-state index in [0.29, 0.717) is 18.3 Å². The van der Waals surface area contributed by atoms with Crippen LogP contribution in [0.15, 0.2) is 21.3 Å². The Kier molecular flexibility index (Phi) is 4.28. The summed E-state index contributed by atoms with van der Waals surface area (Å²) in [6, 6.07) is 2.00. The van der Waals surface area contributed by atoms with E-state index in [-0.39, 0.29) is 12.6 Å². The van der Waals surface area contributed by atoms with Crippen molar-refractivity contribution in [2.24, 2.45) is 0 Å². The number of carbonyl (C=O) groups is 1. The molecule has 0 aliphatic carbocycles. The van der Waals surface area contributed by atoms with Crippen molar-refractivity contribution in [3.63, 3.8) is 0 Å². The normalized spacial score (nSPS) is 11.4. The summed E-state index contributed by atoms with van der Waals surface area (Å²) in [5.74, 6) is 0.0988. The lowest BCUT2D eigenvalue weighted by atomic mass is 10.3. The Bertz CT molecular complexity index is 536. The molecular formula is C12H15N3O3S. The van der Waals surface area contributed by atoms with Gasteiger partial charge >= 0.3 is 5.97 Å². The summed E-state index contributed by atoms with van der Waals surface area (Å²) in [6.45, 7) is 4.18. The number of thiophene rings is 1. The monoisotopic (exact) mass is 281 g/mol. The second kappa shape index (κ2) is 5.94. The number of hydrogen-bond donors (Lipinski definition) is 1. The van der Waals surface area contributed by atoms with Gasteiger partial charge in [-0.1, -0.05) is 5.16 Å². The van der Waals surface area contributed by atoms with Crippen LogP contribution in [0.3, 0.4) is 0 Å². The largest absolute Gasteiger partial charge is 0.480 e. The highest BCUT2D eigenvalue weighted by atomic mass is 32.1. The standard InChI is InChI=1S/C12H15N3O3S/c1-8(2)15(6-11(16)17)5-10-13-12(18-14-10)9-3-4-19-7-9/h3-4,7-8H,5-6H2,1-2H3,(H,16,17). The molecule has 0 saturated carbocycles. The number of rotatable bonds is 6. The molecule has 19 heavy (non-hydrogen) atoms. The van der Waals surface area contributed by atoms with Crippen molar-refractivity contribution in [3.8, 4) is 11.5 Å². The molecule has 2 heterocycles. The number of hydrogen-bond acceptors (Lipinski definition) is 6. The first-order valence-corrected chi connectivity index (χ1v) is 6.81. The van der Waals surface area contributed by atoms with E-state index in [0.717, 1.165) is 5.56 Å². The zero-order chi connectivity index (χ0) is 13.8. The predicted octanol–water partition coefficient (Wildman–Crippen LogP) is 2.09. The molecule has 102 valence electrons. The number of carboxylic acids is 1. The van der Waals surface area contributed by atoms with Gasteiger partial charge in [-0.3, -0.25) is 9.69 Å². The first-order valence-electron chi connectivity index (χ1n) is 5.87. The quantitative estimate of drug-likeness (QED) is 0.873. The van der Waals surface area contributed by atoms with E-state index in [1.807, 2.05) is 30.7 Å². The molecule has 2 aromatic rings. The highest BCUT2D eigenvalue weighted by Gasteiger charge is 2.17. The SMILES string of the molecule is CC(C)N(CC(=O)O)Cc1noc(-c2ccsc2)n1. The lowest BCUT2D eigenvalue weighted by Crippen LogP contribution is -2.35. The second-order valence-corrected chi connectivity index (χ2v) is 5.20. The van der Waals surface area contributed by atoms with Crippen LogP contribution in [0.1, 0.15) is 19.7 Å². The fourth-order valence-electron chi connectivity index (χ4n) is 1.60. The van der Waals surface area contributed by atoms with Gasteiger partial charge in [0.25, 0.3) is 5.89 Å². The molecule has 0 radical (unpaired) electrons. The highest BCUT2D eigenvalue weighted by Crippen LogP contribution is 2.20. The lowest BCUT2D eigenvalue weighted by Gasteiger charge is -2.22. The topological polar surface area (TPSA) is 79.5 Å². The molecule has 0 saturated heterocycles. The molecule has 0 fully saturated rings. The van der Waals surface area contributed by atoms with Crippen LogP contribution in [0.5, 0.6) is 0 Å². The molecule has 2 aromatic heterocycles. The Hall–Kier alpha value is -1.73. The van der Waals surface area contributed by atoms with Gasteiger partial charge in [0.15, 0.2) is 5.82 Å². The van der Waals surface area contributed by atoms with E-state index >= 15 is 0 Å². The summed E-state index contributed by atoms with van der Waals surface area (Å²) >= 11 is 1.55. The molecule has 0 aromatic carbocycles. The average molecular weight is 281 g/mol. The van der Waals surface area contributed by atoms with Crippen molar-refractivity contribution in [2.75, 3.05) is 6.54 Å². The lowest BCUT2D eigenvalue weighted by molar-refractivity contribution is -0.139. The van der Waals surface area contributed by atoms with Crippen LogP contribution in [0.2, 0.25) is 0 Å². The van der Waals surface area contributed by atoms with Crippen LogP contribution in [-0.4, -0.2) is 38.7 Å². The summed E-state index contributed by atoms with van der Waals surface area (Å²) in [6.07, 6.45) is 0. The van der Waals surface area contributed by atoms with Gasteiger partial charge in [0.05, 0.1) is 18.7 Å². The second-order valence-electron chi connectivity index (χ2n) is 4.42. The third-order valence-electron chi connectivity index (χ3n) is 2.65. The van der Waals surface area contributed by atoms with Crippen molar-refractivity contribution < 1.29 is 14.4 Å². The predicted molar refractivity (Wildman–Crippen MR) is 70.8 cm³/mol. The van der Waals surface area contributed by atoms with Crippen molar-refractivity contribution in [1.29, 1.82) is 0 Å². The van der Waals surface area contributed by atoms with Gasteiger partial charge in [0.2, 0.25) is 0 Å². The van der Waals surface area contributed by atoms with E-state index in [4.69, 9.17) is 9.63 Å². The summed E-state index contributed by atoms with van der Waals surface area (Å²) < 4.78 is 5.17. The summed E-state index contributed by atoms with van der Waals surface area (Å²) in [4.78, 5) is 16.8. The van der Waals surface area contributed by atoms with Crippen LogP contribution in [0.4, 0.5) is 0 Å². The molecule has 0 aliphatic heterocycles. The van der Waals surface area contributed by atoms with E-state index in [1.165, 1.54) is 0 Å². The molecule has 6 nitrogen and oxygen atoms in total. The number of aromatic nitrogens is 2. The van der Waals surface area contributed by atoms with Gasteiger partial charge in [0.1, 0.15) is 0 Å². The van der Waals surface area contributed by atoms with E-state index < -0.39 is 5.97 Å². The summed E-state index contributed by atoms with van der Waals surface area (Å²) in [5.41, 5.74) is 0.887. The average Bonchev–Trinajstić information content (AvgIpc) is 2.97. The minimum absolute atomic E-state index is 0.0417. The molecule has 0 spiro atoms. The van der Waals surface area contributed by atoms with Gasteiger partial charge in [-0.15, -0.1) is 0 Å². The van der Waals surface area contributed by atoms with Crippen LogP contribution in [0, 0.1) is 0 Å². The molecule has 0 aliphatic rings. The third-order valence-corrected chi connectivity index (χ3v) is 3.33. The Morgan fingerprint density at radius 3 is 2.95 bits per heavy atom. The van der Waals surface area contributed by atoms with Gasteiger partial charge in [0, 0.05) is 11.4 Å². The van der Waals surface area contributed by atoms with Crippen LogP contribution in [-0.2, 0) is 11.3 Å². The maximum atomic E-state index is 10.8. The van der Waals surface area contributed by atoms with Crippen molar-refractivity contribution in [3.05, 3.63) is 22.7 Å². The van der Waals surface area contributed by atoms with Gasteiger partial charge in [-0.2, -0.15) is 16.3 Å². The molecule has 0 unspecified atom stereocenters. The fourth-order valence-corrected chi connectivity index (χ4v) is 2.23. The third kappa shape index (κ3) is 3.62. The smallest absolute Gasteiger partial charge is 0.317 e. The van der Waals surface area contributed by atoms with Crippen LogP contribution >= 0.6 is 11.3 Å². The molecule has 7 heteroatoms. The Labute approximate surface area is 114 Å². The summed E-state index contributed by atoms with van der Waals surface area (Å²) in [7, 11) is 0. The molecule has 2 rings (SSSR count). The molecule has 0 atom stereocenters. The minimum Gasteiger partial charge on any atom is -0.480 e. The molecule has 0 amide bonds. The van der Waals surface area contributed by atoms with Gasteiger partial charge in [-0.05, 0) is 25.3 Å². The number of aliphatic carboxylic acids is 1. The van der Waals surface area contributed by atoms with Crippen molar-refractivity contribution in [1.82, 2.24) is 15.0 Å². The van der Waals surface area contributed by atoms with Crippen LogP contribution < -0.4 is 0 Å². The van der Waals surface area contributed by atoms with Crippen molar-refractivity contribution in [2.45, 2.75) is 26.4 Å². The van der Waals surface area contributed by atoms with Crippen molar-refractivity contribution >= 4 is 17.3 Å². The number of nitrogens with zero attached hydrogens (tertiary/aromatic N) is 3. The molecular weight excluding hydrogens is 266 g/mol. The fraction of sp³-hybridized carbons (Fsp3) is 0.417. The first kappa shape index (κ1) is 13.7. The maximum absolute atomic E-state index is 10.8. The maximum Gasteiger partial charge on any atom is 0.317 e. The Morgan fingerprint density at radius 2 is 2.37 bits per heavy atom. The van der Waals surface area contributed by atoms with Gasteiger partial charge < -0.3 is 9.63 Å². The minimum atomic E-state index is -0.866. The summed E-state index contributed by atoms with van der Waals surface area (Å²) in [5, 5.41) is 16.6. The molecule has 1 N–H and O–H groups in total. The Morgan fingerprint density at radius 1 is 1.58 bits per heavy atom. The van der Waals surface area contributed by atoms with Gasteiger partial charge in [-0.25, -0.2) is 0 Å². The molecule has 0 bridgehead atoms.